The molecule has 0 aliphatic carbocycles. The van der Waals surface area contributed by atoms with Crippen molar-refractivity contribution in [3.63, 3.8) is 0 Å². The molecular formula is C9H10N2. The highest BCUT2D eigenvalue weighted by Crippen LogP contribution is 1.63. The second-order valence-corrected chi connectivity index (χ2v) is 2.12. The molecule has 0 aromatic carbocycles. The summed E-state index contributed by atoms with van der Waals surface area (Å²) in [6.07, 6.45) is 5.28. The van der Waals surface area contributed by atoms with Crippen LogP contribution in [0.15, 0.2) is 23.3 Å². The Morgan fingerprint density at radius 1 is 1.64 bits per heavy atom. The van der Waals surface area contributed by atoms with Crippen molar-refractivity contribution in [2.75, 3.05) is 7.05 Å². The molecule has 2 heteroatoms. The largest absolute Gasteiger partial charge is 0.296 e. The average molecular weight is 146 g/mol. The van der Waals surface area contributed by atoms with E-state index < -0.39 is 0 Å². The Bertz CT molecular complexity index is 352. The van der Waals surface area contributed by atoms with Crippen LogP contribution in [0.5, 0.6) is 0 Å². The fourth-order valence-corrected chi connectivity index (χ4v) is 0.746. The maximum atomic E-state index is 4.11. The molecule has 0 bridgehead atoms. The zero-order chi connectivity index (χ0) is 8.10. The summed E-state index contributed by atoms with van der Waals surface area (Å²) in [4.78, 5) is 7.93. The summed E-state index contributed by atoms with van der Waals surface area (Å²) in [5.74, 6) is 0. The predicted molar refractivity (Wildman–Crippen MR) is 47.9 cm³/mol. The van der Waals surface area contributed by atoms with Gasteiger partial charge in [0, 0.05) is 19.5 Å². The van der Waals surface area contributed by atoms with E-state index in [9.17, 15) is 0 Å². The van der Waals surface area contributed by atoms with E-state index in [0.29, 0.717) is 0 Å². The molecule has 0 amide bonds. The SMILES string of the molecule is C=c1cccn/c1=C/C=N\C. The summed E-state index contributed by atoms with van der Waals surface area (Å²) < 4.78 is 0. The second kappa shape index (κ2) is 3.66. The van der Waals surface area contributed by atoms with E-state index in [1.807, 2.05) is 18.2 Å². The lowest BCUT2D eigenvalue weighted by atomic mass is 10.3. The maximum Gasteiger partial charge on any atom is 0.0711 e. The van der Waals surface area contributed by atoms with Gasteiger partial charge < -0.3 is 0 Å². The first kappa shape index (κ1) is 7.66. The van der Waals surface area contributed by atoms with Gasteiger partial charge in [0.1, 0.15) is 0 Å². The Balaban J connectivity index is 3.24. The smallest absolute Gasteiger partial charge is 0.0711 e. The van der Waals surface area contributed by atoms with Gasteiger partial charge >= 0.3 is 0 Å². The second-order valence-electron chi connectivity index (χ2n) is 2.12. The van der Waals surface area contributed by atoms with Gasteiger partial charge in [-0.05, 0) is 17.4 Å². The van der Waals surface area contributed by atoms with Gasteiger partial charge in [-0.3, -0.25) is 9.98 Å². The Kier molecular flexibility index (Phi) is 2.55. The number of pyridine rings is 1. The molecule has 0 fully saturated rings. The van der Waals surface area contributed by atoms with E-state index in [0.717, 1.165) is 10.6 Å². The van der Waals surface area contributed by atoms with Gasteiger partial charge in [0.15, 0.2) is 0 Å². The molecule has 11 heavy (non-hydrogen) atoms. The van der Waals surface area contributed by atoms with Crippen LogP contribution in [0.2, 0.25) is 0 Å². The summed E-state index contributed by atoms with van der Waals surface area (Å²) in [6.45, 7) is 3.82. The molecule has 0 spiro atoms. The van der Waals surface area contributed by atoms with Gasteiger partial charge in [0.25, 0.3) is 0 Å². The van der Waals surface area contributed by atoms with Crippen LogP contribution in [0.3, 0.4) is 0 Å². The molecule has 0 saturated heterocycles. The lowest BCUT2D eigenvalue weighted by Crippen LogP contribution is -2.25. The van der Waals surface area contributed by atoms with Gasteiger partial charge in [0.05, 0.1) is 5.35 Å². The fourth-order valence-electron chi connectivity index (χ4n) is 0.746. The first-order valence-corrected chi connectivity index (χ1v) is 3.37. The highest BCUT2D eigenvalue weighted by Gasteiger charge is 1.77. The van der Waals surface area contributed by atoms with Crippen LogP contribution in [0, 0.1) is 0 Å². The minimum absolute atomic E-state index is 0.873. The van der Waals surface area contributed by atoms with Crippen molar-refractivity contribution in [2.24, 2.45) is 4.99 Å². The summed E-state index contributed by atoms with van der Waals surface area (Å²) in [5, 5.41) is 1.80. The lowest BCUT2D eigenvalue weighted by molar-refractivity contribution is 1.23. The van der Waals surface area contributed by atoms with E-state index in [2.05, 4.69) is 16.6 Å². The third kappa shape index (κ3) is 2.00. The Morgan fingerprint density at radius 2 is 2.45 bits per heavy atom. The van der Waals surface area contributed by atoms with Crippen molar-refractivity contribution in [1.29, 1.82) is 0 Å². The average Bonchev–Trinajstić information content (AvgIpc) is 2.03. The molecular weight excluding hydrogens is 136 g/mol. The quantitative estimate of drug-likeness (QED) is 0.511. The van der Waals surface area contributed by atoms with Crippen molar-refractivity contribution < 1.29 is 0 Å². The molecule has 1 aromatic heterocycles. The van der Waals surface area contributed by atoms with Crippen LogP contribution in [0.25, 0.3) is 12.7 Å². The molecule has 0 aliphatic heterocycles. The number of rotatable bonds is 1. The molecule has 0 atom stereocenters. The number of hydrogen-bond donors (Lipinski definition) is 0. The van der Waals surface area contributed by atoms with Crippen molar-refractivity contribution in [3.8, 4) is 0 Å². The van der Waals surface area contributed by atoms with E-state index in [1.165, 1.54) is 0 Å². The highest BCUT2D eigenvalue weighted by atomic mass is 14.7. The number of aliphatic imine (C=N–C) groups is 1. The first-order chi connectivity index (χ1) is 5.34. The van der Waals surface area contributed by atoms with E-state index in [4.69, 9.17) is 0 Å². The Morgan fingerprint density at radius 3 is 3.09 bits per heavy atom. The van der Waals surface area contributed by atoms with Gasteiger partial charge in [-0.1, -0.05) is 12.6 Å². The van der Waals surface area contributed by atoms with Crippen molar-refractivity contribution in [3.05, 3.63) is 28.9 Å². The van der Waals surface area contributed by atoms with Crippen LogP contribution in [0.1, 0.15) is 0 Å². The molecule has 56 valence electrons. The number of nitrogens with zero attached hydrogens (tertiary/aromatic N) is 2. The van der Waals surface area contributed by atoms with Crippen molar-refractivity contribution in [1.82, 2.24) is 4.98 Å². The Hall–Kier alpha value is -1.44. The summed E-state index contributed by atoms with van der Waals surface area (Å²) in [7, 11) is 1.72. The van der Waals surface area contributed by atoms with Gasteiger partial charge in [-0.2, -0.15) is 0 Å². The van der Waals surface area contributed by atoms with Crippen LogP contribution in [-0.4, -0.2) is 18.2 Å². The minimum Gasteiger partial charge on any atom is -0.296 e. The van der Waals surface area contributed by atoms with Crippen LogP contribution in [0.4, 0.5) is 0 Å². The lowest BCUT2D eigenvalue weighted by Gasteiger charge is -1.83. The molecule has 1 heterocycles. The van der Waals surface area contributed by atoms with Gasteiger partial charge in [0.2, 0.25) is 0 Å². The summed E-state index contributed by atoms with van der Waals surface area (Å²) >= 11 is 0. The van der Waals surface area contributed by atoms with Crippen LogP contribution >= 0.6 is 0 Å². The minimum atomic E-state index is 0.873. The molecule has 0 saturated carbocycles. The van der Waals surface area contributed by atoms with Gasteiger partial charge in [-0.15, -0.1) is 0 Å². The molecule has 0 radical (unpaired) electrons. The van der Waals surface area contributed by atoms with E-state index in [1.54, 1.807) is 19.5 Å². The topological polar surface area (TPSA) is 25.2 Å². The third-order valence-corrected chi connectivity index (χ3v) is 1.31. The third-order valence-electron chi connectivity index (χ3n) is 1.31. The van der Waals surface area contributed by atoms with Crippen molar-refractivity contribution in [2.45, 2.75) is 0 Å². The monoisotopic (exact) mass is 146 g/mol. The van der Waals surface area contributed by atoms with E-state index in [-0.39, 0.29) is 0 Å². The first-order valence-electron chi connectivity index (χ1n) is 3.37. The number of aromatic nitrogens is 1. The maximum absolute atomic E-state index is 4.11. The van der Waals surface area contributed by atoms with E-state index >= 15 is 0 Å². The molecule has 0 N–H and O–H groups in total. The molecule has 1 rings (SSSR count). The molecule has 0 unspecified atom stereocenters. The zero-order valence-corrected chi connectivity index (χ0v) is 6.49. The zero-order valence-electron chi connectivity index (χ0n) is 6.49. The summed E-state index contributed by atoms with van der Waals surface area (Å²) in [5.41, 5.74) is 0. The fraction of sp³-hybridized carbons (Fsp3) is 0.111. The van der Waals surface area contributed by atoms with Crippen LogP contribution in [-0.2, 0) is 0 Å². The highest BCUT2D eigenvalue weighted by molar-refractivity contribution is 5.90. The molecule has 2 nitrogen and oxygen atoms in total. The Labute approximate surface area is 65.6 Å². The molecule has 1 aromatic rings. The standard InChI is InChI=1S/C9H10N2/c1-8-4-3-6-11-9(8)5-7-10-2/h3-7H,1H2,2H3/b9-5+,10-7-. The van der Waals surface area contributed by atoms with Gasteiger partial charge in [-0.25, -0.2) is 0 Å². The van der Waals surface area contributed by atoms with Crippen LogP contribution < -0.4 is 10.6 Å². The van der Waals surface area contributed by atoms with Crippen molar-refractivity contribution >= 4 is 18.9 Å². The normalized spacial score (nSPS) is 12.6. The summed E-state index contributed by atoms with van der Waals surface area (Å²) in [6, 6.07) is 3.78. The molecule has 0 aliphatic rings. The number of hydrogen-bond acceptors (Lipinski definition) is 2. The predicted octanol–water partition coefficient (Wildman–Crippen LogP) is -0.0270.